The summed E-state index contributed by atoms with van der Waals surface area (Å²) in [5, 5.41) is 8.42. The lowest BCUT2D eigenvalue weighted by Crippen LogP contribution is -2.35. The van der Waals surface area contributed by atoms with Crippen LogP contribution < -0.4 is 4.72 Å². The minimum Gasteiger partial charge on any atom is -0.396 e. The molecular weight excluding hydrogens is 202 g/mol. The summed E-state index contributed by atoms with van der Waals surface area (Å²) in [6.45, 7) is 3.94. The molecule has 4 nitrogen and oxygen atoms in total. The Balaban J connectivity index is 2.41. The fourth-order valence-electron chi connectivity index (χ4n) is 1.35. The van der Waals surface area contributed by atoms with Gasteiger partial charge in [-0.3, -0.25) is 0 Å². The summed E-state index contributed by atoms with van der Waals surface area (Å²) < 4.78 is 25.5. The number of nitrogens with one attached hydrogen (secondary N) is 1. The Hall–Kier alpha value is -0.130. The number of hydrogen-bond acceptors (Lipinski definition) is 3. The van der Waals surface area contributed by atoms with Gasteiger partial charge in [0.25, 0.3) is 0 Å². The van der Waals surface area contributed by atoms with E-state index in [4.69, 9.17) is 5.11 Å². The van der Waals surface area contributed by atoms with Gasteiger partial charge < -0.3 is 5.11 Å². The summed E-state index contributed by atoms with van der Waals surface area (Å²) in [5.74, 6) is 0. The Labute approximate surface area is 85.8 Å². The number of hydrogen-bond donors (Lipinski definition) is 2. The molecule has 0 bridgehead atoms. The van der Waals surface area contributed by atoms with Gasteiger partial charge in [0.05, 0.1) is 5.25 Å². The molecule has 0 spiro atoms. The van der Waals surface area contributed by atoms with Gasteiger partial charge in [0, 0.05) is 13.2 Å². The van der Waals surface area contributed by atoms with Gasteiger partial charge in [0.1, 0.15) is 0 Å². The predicted molar refractivity (Wildman–Crippen MR) is 55.4 cm³/mol. The molecular formula is C9H19NO3S. The normalized spacial score (nSPS) is 20.0. The van der Waals surface area contributed by atoms with Crippen molar-refractivity contribution in [3.8, 4) is 0 Å². The van der Waals surface area contributed by atoms with Crippen LogP contribution in [0.4, 0.5) is 0 Å². The van der Waals surface area contributed by atoms with Crippen LogP contribution in [-0.4, -0.2) is 31.9 Å². The van der Waals surface area contributed by atoms with Crippen molar-refractivity contribution >= 4 is 10.0 Å². The van der Waals surface area contributed by atoms with Crippen molar-refractivity contribution in [1.29, 1.82) is 0 Å². The first kappa shape index (κ1) is 11.9. The van der Waals surface area contributed by atoms with Crippen LogP contribution in [0.2, 0.25) is 0 Å². The van der Waals surface area contributed by atoms with Crippen LogP contribution in [0.3, 0.4) is 0 Å². The van der Waals surface area contributed by atoms with Gasteiger partial charge in [-0.05, 0) is 38.5 Å². The summed E-state index contributed by atoms with van der Waals surface area (Å²) in [5.41, 5.74) is 0.0523. The maximum absolute atomic E-state index is 11.4. The highest BCUT2D eigenvalue weighted by atomic mass is 32.2. The van der Waals surface area contributed by atoms with E-state index >= 15 is 0 Å². The highest BCUT2D eigenvalue weighted by molar-refractivity contribution is 7.90. The molecule has 0 aromatic heterocycles. The second-order valence-corrected chi connectivity index (χ2v) is 6.71. The van der Waals surface area contributed by atoms with Crippen LogP contribution in [0.1, 0.15) is 33.1 Å². The molecule has 2 N–H and O–H groups in total. The van der Waals surface area contributed by atoms with E-state index < -0.39 is 10.0 Å². The van der Waals surface area contributed by atoms with Crippen LogP contribution in [0.25, 0.3) is 0 Å². The van der Waals surface area contributed by atoms with Gasteiger partial charge in [0.2, 0.25) is 10.0 Å². The molecule has 0 atom stereocenters. The predicted octanol–water partition coefficient (Wildman–Crippen LogP) is 0.477. The SMILES string of the molecule is CC(C)S(=O)(=O)NCC1(CCO)CC1. The number of aliphatic hydroxyl groups is 1. The summed E-state index contributed by atoms with van der Waals surface area (Å²) >= 11 is 0. The molecule has 1 aliphatic carbocycles. The van der Waals surface area contributed by atoms with E-state index in [-0.39, 0.29) is 17.3 Å². The second kappa shape index (κ2) is 4.16. The number of rotatable bonds is 6. The third kappa shape index (κ3) is 2.93. The molecule has 0 aromatic rings. The zero-order valence-electron chi connectivity index (χ0n) is 8.78. The van der Waals surface area contributed by atoms with Gasteiger partial charge in [0.15, 0.2) is 0 Å². The fraction of sp³-hybridized carbons (Fsp3) is 1.00. The summed E-state index contributed by atoms with van der Waals surface area (Å²) in [6.07, 6.45) is 2.75. The maximum atomic E-state index is 11.4. The number of sulfonamides is 1. The molecule has 0 aromatic carbocycles. The van der Waals surface area contributed by atoms with Crippen LogP contribution in [0.5, 0.6) is 0 Å². The number of aliphatic hydroxyl groups excluding tert-OH is 1. The summed E-state index contributed by atoms with van der Waals surface area (Å²) in [4.78, 5) is 0. The molecule has 1 saturated carbocycles. The van der Waals surface area contributed by atoms with Crippen molar-refractivity contribution in [1.82, 2.24) is 4.72 Å². The van der Waals surface area contributed by atoms with Gasteiger partial charge in [-0.15, -0.1) is 0 Å². The minimum absolute atomic E-state index is 0.0523. The Morgan fingerprint density at radius 3 is 2.36 bits per heavy atom. The molecule has 0 unspecified atom stereocenters. The molecule has 1 fully saturated rings. The molecule has 0 aliphatic heterocycles. The summed E-state index contributed by atoms with van der Waals surface area (Å²) in [6, 6.07) is 0. The van der Waals surface area contributed by atoms with Gasteiger partial charge in [-0.25, -0.2) is 13.1 Å². The quantitative estimate of drug-likeness (QED) is 0.685. The van der Waals surface area contributed by atoms with E-state index in [9.17, 15) is 8.42 Å². The molecule has 5 heteroatoms. The van der Waals surface area contributed by atoms with E-state index in [0.717, 1.165) is 12.8 Å². The summed E-state index contributed by atoms with van der Waals surface area (Å²) in [7, 11) is -3.14. The minimum atomic E-state index is -3.14. The molecule has 1 aliphatic rings. The molecule has 0 amide bonds. The third-order valence-corrected chi connectivity index (χ3v) is 4.66. The van der Waals surface area contributed by atoms with Crippen molar-refractivity contribution in [3.05, 3.63) is 0 Å². The second-order valence-electron chi connectivity index (χ2n) is 4.39. The maximum Gasteiger partial charge on any atom is 0.213 e. The molecule has 0 saturated heterocycles. The third-order valence-electron chi connectivity index (χ3n) is 2.87. The average molecular weight is 221 g/mol. The van der Waals surface area contributed by atoms with E-state index in [1.165, 1.54) is 0 Å². The van der Waals surface area contributed by atoms with Crippen molar-refractivity contribution in [3.63, 3.8) is 0 Å². The molecule has 84 valence electrons. The van der Waals surface area contributed by atoms with Crippen LogP contribution in [-0.2, 0) is 10.0 Å². The lowest BCUT2D eigenvalue weighted by Gasteiger charge is -2.16. The Morgan fingerprint density at radius 2 is 2.00 bits per heavy atom. The molecule has 14 heavy (non-hydrogen) atoms. The average Bonchev–Trinajstić information content (AvgIpc) is 2.83. The van der Waals surface area contributed by atoms with Crippen LogP contribution >= 0.6 is 0 Å². The Bertz CT molecular complexity index is 280. The monoisotopic (exact) mass is 221 g/mol. The van der Waals surface area contributed by atoms with Gasteiger partial charge in [-0.2, -0.15) is 0 Å². The Morgan fingerprint density at radius 1 is 1.43 bits per heavy atom. The molecule has 0 heterocycles. The zero-order valence-corrected chi connectivity index (χ0v) is 9.60. The standard InChI is InChI=1S/C9H19NO3S/c1-8(2)14(12,13)10-7-9(3-4-9)5-6-11/h8,10-11H,3-7H2,1-2H3. The first-order chi connectivity index (χ1) is 6.42. The first-order valence-electron chi connectivity index (χ1n) is 5.01. The van der Waals surface area contributed by atoms with E-state index in [1.54, 1.807) is 13.8 Å². The van der Waals surface area contributed by atoms with Gasteiger partial charge in [-0.1, -0.05) is 0 Å². The van der Waals surface area contributed by atoms with E-state index in [2.05, 4.69) is 4.72 Å². The topological polar surface area (TPSA) is 66.4 Å². The van der Waals surface area contributed by atoms with E-state index in [1.807, 2.05) is 0 Å². The van der Waals surface area contributed by atoms with Crippen molar-refractivity contribution in [2.75, 3.05) is 13.2 Å². The van der Waals surface area contributed by atoms with Crippen LogP contribution in [0, 0.1) is 5.41 Å². The van der Waals surface area contributed by atoms with Crippen LogP contribution in [0.15, 0.2) is 0 Å². The smallest absolute Gasteiger partial charge is 0.213 e. The lowest BCUT2D eigenvalue weighted by molar-refractivity contribution is 0.249. The van der Waals surface area contributed by atoms with Crippen molar-refractivity contribution in [2.24, 2.45) is 5.41 Å². The highest BCUT2D eigenvalue weighted by Gasteiger charge is 2.42. The largest absolute Gasteiger partial charge is 0.396 e. The fourth-order valence-corrected chi connectivity index (χ4v) is 2.19. The van der Waals surface area contributed by atoms with E-state index in [0.29, 0.717) is 13.0 Å². The van der Waals surface area contributed by atoms with Gasteiger partial charge >= 0.3 is 0 Å². The Kier molecular flexibility index (Phi) is 3.55. The zero-order chi connectivity index (χ0) is 10.8. The molecule has 1 rings (SSSR count). The lowest BCUT2D eigenvalue weighted by atomic mass is 10.0. The first-order valence-corrected chi connectivity index (χ1v) is 6.56. The van der Waals surface area contributed by atoms with Crippen molar-refractivity contribution in [2.45, 2.75) is 38.4 Å². The molecule has 0 radical (unpaired) electrons. The highest BCUT2D eigenvalue weighted by Crippen LogP contribution is 2.48. The van der Waals surface area contributed by atoms with Crippen molar-refractivity contribution < 1.29 is 13.5 Å².